The van der Waals surface area contributed by atoms with Crippen molar-refractivity contribution in [1.82, 2.24) is 0 Å². The molecule has 3 rings (SSSR count). The van der Waals surface area contributed by atoms with Crippen molar-refractivity contribution in [3.05, 3.63) is 59.7 Å². The molecule has 5 heteroatoms. The number of ether oxygens (including phenoxy) is 2. The first-order valence-corrected chi connectivity index (χ1v) is 8.40. The number of hydrogen-bond acceptors (Lipinski definition) is 4. The van der Waals surface area contributed by atoms with Crippen molar-refractivity contribution in [3.8, 4) is 11.5 Å². The van der Waals surface area contributed by atoms with Gasteiger partial charge in [0.25, 0.3) is 0 Å². The lowest BCUT2D eigenvalue weighted by Crippen LogP contribution is -2.54. The van der Waals surface area contributed by atoms with Gasteiger partial charge in [-0.25, -0.2) is 0 Å². The smallest absolute Gasteiger partial charge is 0.303 e. The second-order valence-electron chi connectivity index (χ2n) is 6.48. The first-order valence-electron chi connectivity index (χ1n) is 8.40. The number of aliphatic carboxylic acids is 1. The van der Waals surface area contributed by atoms with Crippen molar-refractivity contribution < 1.29 is 24.5 Å². The Balaban J connectivity index is 1.57. The van der Waals surface area contributed by atoms with Crippen molar-refractivity contribution in [2.75, 3.05) is 13.2 Å². The molecule has 1 saturated heterocycles. The van der Waals surface area contributed by atoms with Gasteiger partial charge in [0, 0.05) is 6.42 Å². The molecule has 0 atom stereocenters. The minimum Gasteiger partial charge on any atom is -0.508 e. The highest BCUT2D eigenvalue weighted by molar-refractivity contribution is 5.67. The molecule has 132 valence electrons. The lowest BCUT2D eigenvalue weighted by molar-refractivity contribution is -0.164. The topological polar surface area (TPSA) is 76.0 Å². The van der Waals surface area contributed by atoms with E-state index < -0.39 is 5.97 Å². The van der Waals surface area contributed by atoms with Crippen LogP contribution in [0.5, 0.6) is 11.5 Å². The molecule has 0 unspecified atom stereocenters. The normalized spacial score (nSPS) is 15.4. The van der Waals surface area contributed by atoms with Gasteiger partial charge in [-0.2, -0.15) is 0 Å². The summed E-state index contributed by atoms with van der Waals surface area (Å²) in [7, 11) is 0. The van der Waals surface area contributed by atoms with Crippen LogP contribution in [0.15, 0.2) is 48.5 Å². The largest absolute Gasteiger partial charge is 0.508 e. The van der Waals surface area contributed by atoms with E-state index in [4.69, 9.17) is 14.6 Å². The predicted molar refractivity (Wildman–Crippen MR) is 93.0 cm³/mol. The van der Waals surface area contributed by atoms with Gasteiger partial charge in [0.15, 0.2) is 5.60 Å². The molecule has 1 heterocycles. The van der Waals surface area contributed by atoms with E-state index in [9.17, 15) is 9.90 Å². The van der Waals surface area contributed by atoms with Crippen LogP contribution in [0.1, 0.15) is 24.0 Å². The molecular formula is C20H22O5. The summed E-state index contributed by atoms with van der Waals surface area (Å²) >= 11 is 0. The minimum atomic E-state index is -0.792. The Morgan fingerprint density at radius 2 is 1.60 bits per heavy atom. The van der Waals surface area contributed by atoms with Crippen molar-refractivity contribution in [2.45, 2.75) is 31.3 Å². The van der Waals surface area contributed by atoms with E-state index in [0.717, 1.165) is 29.7 Å². The summed E-state index contributed by atoms with van der Waals surface area (Å²) in [5, 5.41) is 18.1. The predicted octanol–water partition coefficient (Wildman–Crippen LogP) is 3.19. The number of phenols is 1. The number of benzene rings is 2. The maximum absolute atomic E-state index is 10.6. The second kappa shape index (κ2) is 7.57. The van der Waals surface area contributed by atoms with E-state index in [1.807, 2.05) is 36.4 Å². The molecule has 0 amide bonds. The number of rotatable bonds is 8. The Kier molecular flexibility index (Phi) is 5.24. The number of phenolic OH excluding ortho intramolecular Hbond substituents is 1. The van der Waals surface area contributed by atoms with Crippen LogP contribution in [0.25, 0.3) is 0 Å². The zero-order chi connectivity index (χ0) is 17.7. The highest BCUT2D eigenvalue weighted by Gasteiger charge is 2.40. The van der Waals surface area contributed by atoms with Crippen LogP contribution in [0, 0.1) is 0 Å². The average Bonchev–Trinajstić information content (AvgIpc) is 2.58. The van der Waals surface area contributed by atoms with Crippen LogP contribution in [-0.2, 0) is 22.4 Å². The van der Waals surface area contributed by atoms with Crippen molar-refractivity contribution in [3.63, 3.8) is 0 Å². The molecule has 0 bridgehead atoms. The standard InChI is InChI=1S/C20H22O5/c21-17-6-1-16(2-7-17)11-12-20(13-24-14-20)25-18-8-3-15(4-9-18)5-10-19(22)23/h1-4,6-9,21H,5,10-14H2,(H,22,23). The van der Waals surface area contributed by atoms with Crippen LogP contribution < -0.4 is 4.74 Å². The quantitative estimate of drug-likeness (QED) is 0.770. The molecule has 0 aromatic heterocycles. The van der Waals surface area contributed by atoms with Crippen molar-refractivity contribution in [1.29, 1.82) is 0 Å². The molecule has 5 nitrogen and oxygen atoms in total. The molecule has 2 N–H and O–H groups in total. The Bertz CT molecular complexity index is 702. The molecule has 1 aliphatic heterocycles. The van der Waals surface area contributed by atoms with Crippen LogP contribution in [0.3, 0.4) is 0 Å². The molecule has 1 fully saturated rings. The second-order valence-corrected chi connectivity index (χ2v) is 6.48. The van der Waals surface area contributed by atoms with E-state index in [1.54, 1.807) is 12.1 Å². The molecule has 25 heavy (non-hydrogen) atoms. The summed E-state index contributed by atoms with van der Waals surface area (Å²) < 4.78 is 11.5. The minimum absolute atomic E-state index is 0.130. The number of aromatic hydroxyl groups is 1. The molecule has 2 aromatic carbocycles. The van der Waals surface area contributed by atoms with Crippen LogP contribution in [0.4, 0.5) is 0 Å². The van der Waals surface area contributed by atoms with Crippen LogP contribution >= 0.6 is 0 Å². The first-order chi connectivity index (χ1) is 12.0. The average molecular weight is 342 g/mol. The van der Waals surface area contributed by atoms with Crippen molar-refractivity contribution in [2.24, 2.45) is 0 Å². The number of carboxylic acid groups (broad SMARTS) is 1. The van der Waals surface area contributed by atoms with Crippen LogP contribution in [-0.4, -0.2) is 35.0 Å². The molecule has 1 aliphatic rings. The van der Waals surface area contributed by atoms with Gasteiger partial charge in [0.2, 0.25) is 0 Å². The van der Waals surface area contributed by atoms with Gasteiger partial charge in [-0.05, 0) is 54.7 Å². The Morgan fingerprint density at radius 3 is 2.16 bits per heavy atom. The highest BCUT2D eigenvalue weighted by Crippen LogP contribution is 2.30. The summed E-state index contributed by atoms with van der Waals surface area (Å²) in [5.41, 5.74) is 1.81. The number of carbonyl (C=O) groups is 1. The third-order valence-electron chi connectivity index (χ3n) is 4.42. The number of carboxylic acids is 1. The lowest BCUT2D eigenvalue weighted by Gasteiger charge is -2.41. The fourth-order valence-electron chi connectivity index (χ4n) is 2.84. The van der Waals surface area contributed by atoms with Gasteiger partial charge >= 0.3 is 5.97 Å². The lowest BCUT2D eigenvalue weighted by atomic mass is 9.92. The van der Waals surface area contributed by atoms with Gasteiger partial charge < -0.3 is 19.7 Å². The Hall–Kier alpha value is -2.53. The van der Waals surface area contributed by atoms with Gasteiger partial charge in [0.05, 0.1) is 13.2 Å². The SMILES string of the molecule is O=C(O)CCc1ccc(OC2(CCc3ccc(O)cc3)COC2)cc1. The summed E-state index contributed by atoms with van der Waals surface area (Å²) in [6.45, 7) is 1.12. The van der Waals surface area contributed by atoms with E-state index in [1.165, 1.54) is 0 Å². The third kappa shape index (κ3) is 4.73. The van der Waals surface area contributed by atoms with E-state index >= 15 is 0 Å². The van der Waals surface area contributed by atoms with Gasteiger partial charge in [0.1, 0.15) is 11.5 Å². The summed E-state index contributed by atoms with van der Waals surface area (Å²) in [6, 6.07) is 14.8. The maximum Gasteiger partial charge on any atom is 0.303 e. The maximum atomic E-state index is 10.6. The first kappa shape index (κ1) is 17.3. The van der Waals surface area contributed by atoms with E-state index in [2.05, 4.69) is 0 Å². The zero-order valence-corrected chi connectivity index (χ0v) is 14.0. The van der Waals surface area contributed by atoms with Gasteiger partial charge in [-0.1, -0.05) is 24.3 Å². The van der Waals surface area contributed by atoms with E-state index in [-0.39, 0.29) is 17.8 Å². The van der Waals surface area contributed by atoms with Gasteiger partial charge in [-0.3, -0.25) is 4.79 Å². The fraction of sp³-hybridized carbons (Fsp3) is 0.350. The van der Waals surface area contributed by atoms with Crippen LogP contribution in [0.2, 0.25) is 0 Å². The molecular weight excluding hydrogens is 320 g/mol. The fourth-order valence-corrected chi connectivity index (χ4v) is 2.84. The third-order valence-corrected chi connectivity index (χ3v) is 4.42. The Labute approximate surface area is 146 Å². The molecule has 0 radical (unpaired) electrons. The zero-order valence-electron chi connectivity index (χ0n) is 14.0. The monoisotopic (exact) mass is 342 g/mol. The molecule has 0 aliphatic carbocycles. The van der Waals surface area contributed by atoms with E-state index in [0.29, 0.717) is 19.6 Å². The Morgan fingerprint density at radius 1 is 1.00 bits per heavy atom. The highest BCUT2D eigenvalue weighted by atomic mass is 16.6. The van der Waals surface area contributed by atoms with Crippen molar-refractivity contribution >= 4 is 5.97 Å². The summed E-state index contributed by atoms with van der Waals surface area (Å²) in [4.78, 5) is 10.6. The van der Waals surface area contributed by atoms with Gasteiger partial charge in [-0.15, -0.1) is 0 Å². The number of hydrogen-bond donors (Lipinski definition) is 2. The summed E-state index contributed by atoms with van der Waals surface area (Å²) in [6.07, 6.45) is 2.33. The molecule has 0 spiro atoms. The number of aryl methyl sites for hydroxylation is 2. The summed E-state index contributed by atoms with van der Waals surface area (Å²) in [5.74, 6) is 0.248. The molecule has 2 aromatic rings. The molecule has 0 saturated carbocycles.